The molecule has 3 aromatic rings. The Morgan fingerprint density at radius 2 is 1.82 bits per heavy atom. The van der Waals surface area contributed by atoms with Crippen LogP contribution in [0.3, 0.4) is 0 Å². The van der Waals surface area contributed by atoms with Crippen LogP contribution < -0.4 is 10.2 Å². The Morgan fingerprint density at radius 1 is 1.07 bits per heavy atom. The Kier molecular flexibility index (Phi) is 5.41. The summed E-state index contributed by atoms with van der Waals surface area (Å²) in [6.07, 6.45) is 1.80. The highest BCUT2D eigenvalue weighted by Crippen LogP contribution is 2.28. The molecule has 2 aromatic carbocycles. The molecule has 2 heterocycles. The summed E-state index contributed by atoms with van der Waals surface area (Å²) in [7, 11) is 0. The first-order valence-corrected chi connectivity index (χ1v) is 9.53. The van der Waals surface area contributed by atoms with Gasteiger partial charge in [0.2, 0.25) is 5.91 Å². The van der Waals surface area contributed by atoms with E-state index in [1.165, 1.54) is 12.1 Å². The lowest BCUT2D eigenvalue weighted by molar-refractivity contribution is -0.117. The van der Waals surface area contributed by atoms with Gasteiger partial charge in [0.15, 0.2) is 0 Å². The number of benzene rings is 2. The normalized spacial score (nSPS) is 15.0. The van der Waals surface area contributed by atoms with Gasteiger partial charge in [-0.05, 0) is 48.5 Å². The number of halogens is 2. The van der Waals surface area contributed by atoms with Gasteiger partial charge >= 0.3 is 0 Å². The van der Waals surface area contributed by atoms with E-state index in [2.05, 4.69) is 20.1 Å². The third-order valence-corrected chi connectivity index (χ3v) is 5.13. The number of anilines is 2. The molecule has 1 fully saturated rings. The van der Waals surface area contributed by atoms with Gasteiger partial charge in [-0.2, -0.15) is 0 Å². The van der Waals surface area contributed by atoms with Gasteiger partial charge in [0, 0.05) is 54.2 Å². The fraction of sp³-hybridized carbons (Fsp3) is 0.238. The van der Waals surface area contributed by atoms with Gasteiger partial charge in [-0.15, -0.1) is 0 Å². The summed E-state index contributed by atoms with van der Waals surface area (Å²) < 4.78 is 13.0. The Morgan fingerprint density at radius 3 is 2.57 bits per heavy atom. The number of carbonyl (C=O) groups excluding carboxylic acids is 1. The van der Waals surface area contributed by atoms with Crippen LogP contribution in [0.25, 0.3) is 10.9 Å². The number of nitrogens with one attached hydrogen (secondary N) is 1. The zero-order chi connectivity index (χ0) is 19.5. The molecule has 1 aliphatic rings. The van der Waals surface area contributed by atoms with Crippen molar-refractivity contribution < 1.29 is 9.18 Å². The molecule has 0 saturated carbocycles. The van der Waals surface area contributed by atoms with E-state index in [-0.39, 0.29) is 11.7 Å². The predicted molar refractivity (Wildman–Crippen MR) is 110 cm³/mol. The van der Waals surface area contributed by atoms with E-state index >= 15 is 0 Å². The van der Waals surface area contributed by atoms with Crippen molar-refractivity contribution in [3.05, 3.63) is 65.6 Å². The Labute approximate surface area is 167 Å². The molecule has 1 amide bonds. The number of fused-ring (bicyclic) bond motifs is 1. The van der Waals surface area contributed by atoms with Crippen molar-refractivity contribution in [2.45, 2.75) is 0 Å². The highest BCUT2D eigenvalue weighted by Gasteiger charge is 2.20. The molecule has 28 heavy (non-hydrogen) atoms. The molecular formula is C21H20ClFN4O. The predicted octanol–water partition coefficient (Wildman–Crippen LogP) is 3.79. The van der Waals surface area contributed by atoms with E-state index in [9.17, 15) is 9.18 Å². The second kappa shape index (κ2) is 8.12. The number of hydrogen-bond acceptors (Lipinski definition) is 4. The van der Waals surface area contributed by atoms with Crippen LogP contribution in [-0.4, -0.2) is 48.5 Å². The molecular weight excluding hydrogens is 379 g/mol. The summed E-state index contributed by atoms with van der Waals surface area (Å²) in [6.45, 7) is 3.54. The zero-order valence-electron chi connectivity index (χ0n) is 15.2. The summed E-state index contributed by atoms with van der Waals surface area (Å²) in [4.78, 5) is 21.1. The third-order valence-electron chi connectivity index (χ3n) is 4.89. The Balaban J connectivity index is 1.36. The second-order valence-corrected chi connectivity index (χ2v) is 7.25. The first kappa shape index (κ1) is 18.7. The maximum absolute atomic E-state index is 13.0. The summed E-state index contributed by atoms with van der Waals surface area (Å²) in [5.74, 6) is -0.413. The van der Waals surface area contributed by atoms with Crippen LogP contribution >= 0.6 is 11.6 Å². The lowest BCUT2D eigenvalue weighted by atomic mass is 10.1. The average Bonchev–Trinajstić information content (AvgIpc) is 2.70. The molecule has 0 spiro atoms. The molecule has 7 heteroatoms. The average molecular weight is 399 g/mol. The molecule has 0 radical (unpaired) electrons. The largest absolute Gasteiger partial charge is 0.368 e. The minimum atomic E-state index is -0.319. The van der Waals surface area contributed by atoms with Crippen molar-refractivity contribution in [3.8, 4) is 0 Å². The zero-order valence-corrected chi connectivity index (χ0v) is 16.0. The Bertz CT molecular complexity index is 987. The number of piperazine rings is 1. The van der Waals surface area contributed by atoms with E-state index in [1.807, 2.05) is 24.3 Å². The molecule has 1 N–H and O–H groups in total. The number of carbonyl (C=O) groups is 1. The quantitative estimate of drug-likeness (QED) is 0.726. The smallest absolute Gasteiger partial charge is 0.238 e. The molecule has 0 unspecified atom stereocenters. The van der Waals surface area contributed by atoms with Gasteiger partial charge in [-0.25, -0.2) is 4.39 Å². The van der Waals surface area contributed by atoms with Crippen molar-refractivity contribution >= 4 is 39.8 Å². The topological polar surface area (TPSA) is 48.5 Å². The third kappa shape index (κ3) is 4.24. The molecule has 0 aliphatic carbocycles. The minimum absolute atomic E-state index is 0.0935. The summed E-state index contributed by atoms with van der Waals surface area (Å²) >= 11 is 6.07. The Hall–Kier alpha value is -2.70. The van der Waals surface area contributed by atoms with Crippen LogP contribution in [0.1, 0.15) is 0 Å². The highest BCUT2D eigenvalue weighted by atomic mass is 35.5. The van der Waals surface area contributed by atoms with Crippen molar-refractivity contribution in [1.82, 2.24) is 9.88 Å². The van der Waals surface area contributed by atoms with E-state index in [4.69, 9.17) is 11.6 Å². The summed E-state index contributed by atoms with van der Waals surface area (Å²) in [6, 6.07) is 13.6. The number of hydrogen-bond donors (Lipinski definition) is 1. The molecule has 144 valence electrons. The van der Waals surface area contributed by atoms with Gasteiger partial charge < -0.3 is 10.2 Å². The number of rotatable bonds is 4. The van der Waals surface area contributed by atoms with Gasteiger partial charge in [0.25, 0.3) is 0 Å². The maximum atomic E-state index is 13.0. The molecule has 4 rings (SSSR count). The molecule has 0 atom stereocenters. The van der Waals surface area contributed by atoms with Crippen molar-refractivity contribution in [2.75, 3.05) is 42.9 Å². The van der Waals surface area contributed by atoms with E-state index in [1.54, 1.807) is 18.3 Å². The number of aromatic nitrogens is 1. The summed E-state index contributed by atoms with van der Waals surface area (Å²) in [5.41, 5.74) is 2.62. The van der Waals surface area contributed by atoms with E-state index in [0.717, 1.165) is 42.8 Å². The monoisotopic (exact) mass is 398 g/mol. The lowest BCUT2D eigenvalue weighted by Crippen LogP contribution is -2.48. The molecule has 1 saturated heterocycles. The number of amides is 1. The fourth-order valence-corrected chi connectivity index (χ4v) is 3.63. The van der Waals surface area contributed by atoms with Crippen LogP contribution in [-0.2, 0) is 4.79 Å². The summed E-state index contributed by atoms with van der Waals surface area (Å²) in [5, 5.41) is 4.56. The first-order chi connectivity index (χ1) is 13.6. The van der Waals surface area contributed by atoms with Gasteiger partial charge in [-0.3, -0.25) is 14.7 Å². The van der Waals surface area contributed by atoms with Crippen LogP contribution in [0.2, 0.25) is 5.02 Å². The minimum Gasteiger partial charge on any atom is -0.368 e. The fourth-order valence-electron chi connectivity index (χ4n) is 3.47. The first-order valence-electron chi connectivity index (χ1n) is 9.15. The van der Waals surface area contributed by atoms with Crippen LogP contribution in [0, 0.1) is 5.82 Å². The SMILES string of the molecule is O=C(CN1CCN(c2ccnc3cc(Cl)ccc23)CC1)Nc1ccc(F)cc1. The molecule has 5 nitrogen and oxygen atoms in total. The van der Waals surface area contributed by atoms with Crippen LogP contribution in [0.5, 0.6) is 0 Å². The number of pyridine rings is 1. The molecule has 0 bridgehead atoms. The van der Waals surface area contributed by atoms with Gasteiger partial charge in [-0.1, -0.05) is 11.6 Å². The second-order valence-electron chi connectivity index (χ2n) is 6.81. The number of nitrogens with zero attached hydrogens (tertiary/aromatic N) is 3. The molecule has 1 aliphatic heterocycles. The van der Waals surface area contributed by atoms with Crippen molar-refractivity contribution in [3.63, 3.8) is 0 Å². The lowest BCUT2D eigenvalue weighted by Gasteiger charge is -2.36. The van der Waals surface area contributed by atoms with Crippen LogP contribution in [0.15, 0.2) is 54.7 Å². The molecule has 1 aromatic heterocycles. The van der Waals surface area contributed by atoms with Crippen LogP contribution in [0.4, 0.5) is 15.8 Å². The highest BCUT2D eigenvalue weighted by molar-refractivity contribution is 6.31. The van der Waals surface area contributed by atoms with E-state index in [0.29, 0.717) is 17.3 Å². The maximum Gasteiger partial charge on any atom is 0.238 e. The van der Waals surface area contributed by atoms with Gasteiger partial charge in [0.05, 0.1) is 12.1 Å². The van der Waals surface area contributed by atoms with Crippen molar-refractivity contribution in [2.24, 2.45) is 0 Å². The van der Waals surface area contributed by atoms with Gasteiger partial charge in [0.1, 0.15) is 5.82 Å². The standard InChI is InChI=1S/C21H20ClFN4O/c22-15-1-6-18-19(13-15)24-8-7-20(18)27-11-9-26(10-12-27)14-21(28)25-17-4-2-16(23)3-5-17/h1-8,13H,9-12,14H2,(H,25,28). The van der Waals surface area contributed by atoms with Crippen molar-refractivity contribution in [1.29, 1.82) is 0 Å². The van der Waals surface area contributed by atoms with E-state index < -0.39 is 0 Å².